The molecule has 72 heavy (non-hydrogen) atoms. The van der Waals surface area contributed by atoms with Crippen molar-refractivity contribution < 1.29 is 52.2 Å². The van der Waals surface area contributed by atoms with Crippen LogP contribution in [0, 0.1) is 12.8 Å². The Morgan fingerprint density at radius 1 is 0.764 bits per heavy atom. The summed E-state index contributed by atoms with van der Waals surface area (Å²) < 4.78 is 29.9. The van der Waals surface area contributed by atoms with E-state index in [9.17, 15) is 28.8 Å². The lowest BCUT2D eigenvalue weighted by Crippen LogP contribution is -2.29. The number of oxime groups is 1. The second-order valence-corrected chi connectivity index (χ2v) is 16.9. The first-order valence-electron chi connectivity index (χ1n) is 23.9. The van der Waals surface area contributed by atoms with Crippen molar-refractivity contribution >= 4 is 46.2 Å². The van der Waals surface area contributed by atoms with Crippen LogP contribution in [0.4, 0.5) is 0 Å². The third kappa shape index (κ3) is 19.2. The van der Waals surface area contributed by atoms with Crippen molar-refractivity contribution in [2.75, 3.05) is 59.2 Å². The van der Waals surface area contributed by atoms with Crippen LogP contribution in [0.25, 0.3) is 11.0 Å². The van der Waals surface area contributed by atoms with E-state index in [0.717, 1.165) is 17.4 Å². The Morgan fingerprint density at radius 2 is 1.53 bits per heavy atom. The van der Waals surface area contributed by atoms with Gasteiger partial charge in [0.15, 0.2) is 6.61 Å². The third-order valence-electron chi connectivity index (χ3n) is 11.0. The maximum atomic E-state index is 13.6. The number of ether oxygens (including phenoxy) is 4. The van der Waals surface area contributed by atoms with Crippen molar-refractivity contribution in [1.82, 2.24) is 36.3 Å². The highest BCUT2D eigenvalue weighted by Crippen LogP contribution is 2.24. The van der Waals surface area contributed by atoms with Gasteiger partial charge in [0.1, 0.15) is 41.7 Å². The quantitative estimate of drug-likeness (QED) is 0.0173. The molecule has 5 amide bonds. The van der Waals surface area contributed by atoms with Crippen molar-refractivity contribution in [2.45, 2.75) is 79.4 Å². The Morgan fingerprint density at radius 3 is 2.33 bits per heavy atom. The Bertz CT molecular complexity index is 2680. The van der Waals surface area contributed by atoms with Crippen LogP contribution in [0.3, 0.4) is 0 Å². The number of nitrogens with one attached hydrogen (secondary N) is 4. The van der Waals surface area contributed by atoms with E-state index in [4.69, 9.17) is 33.9 Å². The highest BCUT2D eigenvalue weighted by atomic mass is 16.6. The van der Waals surface area contributed by atoms with E-state index in [-0.39, 0.29) is 55.3 Å². The van der Waals surface area contributed by atoms with Gasteiger partial charge in [-0.05, 0) is 93.6 Å². The van der Waals surface area contributed by atoms with Gasteiger partial charge in [-0.3, -0.25) is 28.7 Å². The van der Waals surface area contributed by atoms with Crippen LogP contribution in [0.5, 0.6) is 17.2 Å². The molecule has 0 unspecified atom stereocenters. The van der Waals surface area contributed by atoms with E-state index in [0.29, 0.717) is 136 Å². The maximum Gasteiger partial charge on any atom is 0.336 e. The van der Waals surface area contributed by atoms with Gasteiger partial charge >= 0.3 is 5.63 Å². The number of rotatable bonds is 32. The first-order valence-corrected chi connectivity index (χ1v) is 23.9. The zero-order valence-corrected chi connectivity index (χ0v) is 41.3. The summed E-state index contributed by atoms with van der Waals surface area (Å²) in [5.74, 6) is -0.346. The first kappa shape index (κ1) is 55.1. The van der Waals surface area contributed by atoms with E-state index in [2.05, 4.69) is 36.7 Å². The van der Waals surface area contributed by atoms with E-state index in [1.54, 1.807) is 85.4 Å². The summed E-state index contributed by atoms with van der Waals surface area (Å²) in [7, 11) is 0. The number of hydrogen-bond acceptors (Lipinski definition) is 15. The number of fused-ring (bicyclic) bond motifs is 1. The standard InChI is InChI=1S/C51H65N9O12/c1-34(49(52)64)11-5-6-19-55-51(66)44-29-38(36(3)58-71-24-8-7-18-54-47(62)33-70-42-15-16-43-35(2)27-48(63)72-46(43)30-42)14-17-45(44)68-23-10-22-60-31-40(57-59-60)32-69-41-13-9-12-39(28-41)50(65)56-21-26-67-25-20-53-37(4)61/h9,12-17,27-31,34H,5-8,10-11,18-26,32-33H2,1-4H3,(H2,52,64)(H,53,61)(H,54,62)(H,55,66)(H,56,65)/b58-36-/t34-/m0/s1. The number of amides is 5. The molecule has 21 heteroatoms. The monoisotopic (exact) mass is 995 g/mol. The lowest BCUT2D eigenvalue weighted by Gasteiger charge is -2.14. The zero-order valence-electron chi connectivity index (χ0n) is 41.3. The van der Waals surface area contributed by atoms with Gasteiger partial charge in [-0.1, -0.05) is 29.8 Å². The molecule has 0 radical (unpaired) electrons. The molecule has 0 fully saturated rings. The first-order chi connectivity index (χ1) is 34.7. The van der Waals surface area contributed by atoms with E-state index < -0.39 is 5.63 Å². The van der Waals surface area contributed by atoms with Gasteiger partial charge in [-0.15, -0.1) is 5.10 Å². The van der Waals surface area contributed by atoms with Crippen LogP contribution in [0.15, 0.2) is 87.3 Å². The molecule has 0 saturated carbocycles. The van der Waals surface area contributed by atoms with Gasteiger partial charge in [-0.2, -0.15) is 0 Å². The molecule has 6 N–H and O–H groups in total. The predicted octanol–water partition coefficient (Wildman–Crippen LogP) is 4.36. The highest BCUT2D eigenvalue weighted by Gasteiger charge is 2.16. The lowest BCUT2D eigenvalue weighted by atomic mass is 10.0. The Labute approximate surface area is 417 Å². The van der Waals surface area contributed by atoms with Crippen molar-refractivity contribution in [3.8, 4) is 17.2 Å². The van der Waals surface area contributed by atoms with Gasteiger partial charge in [0.05, 0.1) is 37.3 Å². The number of unbranched alkanes of at least 4 members (excludes halogenated alkanes) is 2. The lowest BCUT2D eigenvalue weighted by molar-refractivity contribution is -0.123. The summed E-state index contributed by atoms with van der Waals surface area (Å²) in [6, 6.07) is 18.5. The van der Waals surface area contributed by atoms with Crippen molar-refractivity contribution in [2.24, 2.45) is 16.8 Å². The summed E-state index contributed by atoms with van der Waals surface area (Å²) in [4.78, 5) is 78.2. The van der Waals surface area contributed by atoms with Crippen LogP contribution in [0.2, 0.25) is 0 Å². The van der Waals surface area contributed by atoms with Crippen LogP contribution in [-0.2, 0) is 37.1 Å². The Kier molecular flexibility index (Phi) is 22.5. The van der Waals surface area contributed by atoms with Crippen molar-refractivity contribution in [3.05, 3.63) is 111 Å². The number of carbonyl (C=O) groups is 5. The third-order valence-corrected chi connectivity index (χ3v) is 11.0. The normalized spacial score (nSPS) is 11.6. The molecule has 0 aliphatic heterocycles. The second kappa shape index (κ2) is 29.4. The molecule has 1 atom stereocenters. The molecule has 3 aromatic carbocycles. The average Bonchev–Trinajstić information content (AvgIpc) is 3.82. The molecular weight excluding hydrogens is 931 g/mol. The summed E-state index contributed by atoms with van der Waals surface area (Å²) in [6.07, 6.45) is 5.55. The Hall–Kier alpha value is -7.81. The minimum Gasteiger partial charge on any atom is -0.493 e. The summed E-state index contributed by atoms with van der Waals surface area (Å²) in [5, 5.41) is 24.7. The molecular formula is C51H65N9O12. The Balaban J connectivity index is 1.05. The van der Waals surface area contributed by atoms with Gasteiger partial charge in [0, 0.05) is 80.6 Å². The second-order valence-electron chi connectivity index (χ2n) is 16.9. The smallest absolute Gasteiger partial charge is 0.336 e. The molecule has 2 heterocycles. The molecule has 0 aliphatic carbocycles. The fourth-order valence-corrected chi connectivity index (χ4v) is 6.93. The topological polar surface area (TPSA) is 279 Å². The van der Waals surface area contributed by atoms with Crippen LogP contribution >= 0.6 is 0 Å². The zero-order chi connectivity index (χ0) is 51.7. The molecule has 5 aromatic rings. The molecule has 386 valence electrons. The van der Waals surface area contributed by atoms with Gasteiger partial charge in [-0.25, -0.2) is 4.79 Å². The van der Waals surface area contributed by atoms with Crippen LogP contribution in [-0.4, -0.2) is 109 Å². The molecule has 21 nitrogen and oxygen atoms in total. The fourth-order valence-electron chi connectivity index (χ4n) is 6.93. The number of carbonyl (C=O) groups excluding carboxylic acids is 5. The molecule has 2 aromatic heterocycles. The fraction of sp³-hybridized carbons (Fsp3) is 0.431. The average molecular weight is 996 g/mol. The number of hydrogen-bond donors (Lipinski definition) is 5. The number of nitrogens with zero attached hydrogens (tertiary/aromatic N) is 4. The van der Waals surface area contributed by atoms with Crippen LogP contribution < -0.4 is 46.8 Å². The summed E-state index contributed by atoms with van der Waals surface area (Å²) >= 11 is 0. The minimum atomic E-state index is -0.454. The van der Waals surface area contributed by atoms with Crippen LogP contribution in [0.1, 0.15) is 96.8 Å². The number of aromatic nitrogens is 3. The number of nitrogens with two attached hydrogens (primary N) is 1. The van der Waals surface area contributed by atoms with E-state index in [1.807, 2.05) is 6.92 Å². The molecule has 0 bridgehead atoms. The summed E-state index contributed by atoms with van der Waals surface area (Å²) in [5.41, 5.74) is 8.65. The number of benzene rings is 3. The minimum absolute atomic E-state index is 0.127. The highest BCUT2D eigenvalue weighted by molar-refractivity contribution is 6.03. The van der Waals surface area contributed by atoms with Gasteiger partial charge in [0.2, 0.25) is 11.8 Å². The van der Waals surface area contributed by atoms with E-state index >= 15 is 0 Å². The molecule has 0 saturated heterocycles. The number of aryl methyl sites for hydroxylation is 2. The molecule has 0 spiro atoms. The largest absolute Gasteiger partial charge is 0.493 e. The van der Waals surface area contributed by atoms with Crippen molar-refractivity contribution in [1.29, 1.82) is 0 Å². The SMILES string of the molecule is CC(=O)NCCOCCNC(=O)c1cccc(OCc2cn(CCCOc3ccc(/C(C)=N\OCCCCNC(=O)COc4ccc5c(C)cc(=O)oc5c4)cc3C(=O)NCCCC[C@H](C)C(N)=O)nn2)c1. The van der Waals surface area contributed by atoms with Gasteiger partial charge < -0.3 is 55.2 Å². The maximum absolute atomic E-state index is 13.6. The van der Waals surface area contributed by atoms with Gasteiger partial charge in [0.25, 0.3) is 17.7 Å². The predicted molar refractivity (Wildman–Crippen MR) is 267 cm³/mol. The summed E-state index contributed by atoms with van der Waals surface area (Å²) in [6.45, 7) is 9.93. The van der Waals surface area contributed by atoms with Crippen molar-refractivity contribution in [3.63, 3.8) is 0 Å². The molecule has 5 rings (SSSR count). The van der Waals surface area contributed by atoms with E-state index in [1.165, 1.54) is 13.0 Å². The number of primary amides is 1. The molecule has 0 aliphatic rings.